The fraction of sp³-hybridized carbons (Fsp3) is 0.381. The molecule has 0 heterocycles. The highest BCUT2D eigenvalue weighted by molar-refractivity contribution is 7.92. The number of nitrogens with one attached hydrogen (secondary N) is 1. The van der Waals surface area contributed by atoms with Crippen molar-refractivity contribution in [3.8, 4) is 0 Å². The number of aryl methyl sites for hydroxylation is 2. The van der Waals surface area contributed by atoms with Gasteiger partial charge in [0.05, 0.1) is 10.6 Å². The molecule has 1 N–H and O–H groups in total. The standard InChI is InChI=1S/C21H28N2O3S/c1-5-17(4)22-21(24)15-23(20-10-8-7-9-18(20)6-2)27(25,26)19-13-11-16(3)12-14-19/h7-14,17H,5-6,15H2,1-4H3,(H,22,24)/t17-/m1/s1. The van der Waals surface area contributed by atoms with Crippen molar-refractivity contribution < 1.29 is 13.2 Å². The second kappa shape index (κ2) is 9.04. The monoisotopic (exact) mass is 388 g/mol. The normalized spacial score (nSPS) is 12.4. The fourth-order valence-corrected chi connectivity index (χ4v) is 4.20. The molecule has 0 spiro atoms. The molecule has 2 rings (SSSR count). The quantitative estimate of drug-likeness (QED) is 0.750. The zero-order valence-electron chi connectivity index (χ0n) is 16.4. The van der Waals surface area contributed by atoms with Crippen molar-refractivity contribution in [2.75, 3.05) is 10.8 Å². The van der Waals surface area contributed by atoms with Crippen molar-refractivity contribution in [3.63, 3.8) is 0 Å². The van der Waals surface area contributed by atoms with Gasteiger partial charge in [0.25, 0.3) is 10.0 Å². The number of nitrogens with zero attached hydrogens (tertiary/aromatic N) is 1. The third kappa shape index (κ3) is 5.10. The number of rotatable bonds is 8. The predicted molar refractivity (Wildman–Crippen MR) is 109 cm³/mol. The van der Waals surface area contributed by atoms with Crippen LogP contribution in [0.5, 0.6) is 0 Å². The summed E-state index contributed by atoms with van der Waals surface area (Å²) in [7, 11) is -3.87. The largest absolute Gasteiger partial charge is 0.352 e. The fourth-order valence-electron chi connectivity index (χ4n) is 2.74. The molecule has 0 aliphatic rings. The Morgan fingerprint density at radius 2 is 1.70 bits per heavy atom. The third-order valence-corrected chi connectivity index (χ3v) is 6.33. The molecule has 0 aliphatic heterocycles. The maximum atomic E-state index is 13.3. The number of hydrogen-bond donors (Lipinski definition) is 1. The number of carbonyl (C=O) groups excluding carboxylic acids is 1. The number of benzene rings is 2. The average Bonchev–Trinajstić information content (AvgIpc) is 2.66. The predicted octanol–water partition coefficient (Wildman–Crippen LogP) is 3.67. The Balaban J connectivity index is 2.49. The van der Waals surface area contributed by atoms with Crippen LogP contribution < -0.4 is 9.62 Å². The van der Waals surface area contributed by atoms with E-state index in [1.54, 1.807) is 36.4 Å². The van der Waals surface area contributed by atoms with Gasteiger partial charge < -0.3 is 5.32 Å². The summed E-state index contributed by atoms with van der Waals surface area (Å²) < 4.78 is 27.9. The van der Waals surface area contributed by atoms with Gasteiger partial charge in [-0.3, -0.25) is 9.10 Å². The zero-order chi connectivity index (χ0) is 20.0. The van der Waals surface area contributed by atoms with Crippen molar-refractivity contribution in [2.24, 2.45) is 0 Å². The number of sulfonamides is 1. The lowest BCUT2D eigenvalue weighted by Crippen LogP contribution is -2.43. The van der Waals surface area contributed by atoms with Crippen LogP contribution >= 0.6 is 0 Å². The Labute approximate surface area is 162 Å². The van der Waals surface area contributed by atoms with E-state index in [9.17, 15) is 13.2 Å². The molecular formula is C21H28N2O3S. The Kier molecular flexibility index (Phi) is 7.02. The van der Waals surface area contributed by atoms with Crippen LogP contribution in [0.2, 0.25) is 0 Å². The second-order valence-corrected chi connectivity index (χ2v) is 8.55. The van der Waals surface area contributed by atoms with Crippen molar-refractivity contribution in [3.05, 3.63) is 59.7 Å². The molecule has 1 atom stereocenters. The van der Waals surface area contributed by atoms with Gasteiger partial charge in [-0.1, -0.05) is 49.7 Å². The Bertz CT molecular complexity index is 877. The van der Waals surface area contributed by atoms with E-state index in [1.165, 1.54) is 4.31 Å². The topological polar surface area (TPSA) is 66.5 Å². The Morgan fingerprint density at radius 3 is 2.30 bits per heavy atom. The summed E-state index contributed by atoms with van der Waals surface area (Å²) >= 11 is 0. The van der Waals surface area contributed by atoms with Gasteiger partial charge >= 0.3 is 0 Å². The van der Waals surface area contributed by atoms with Crippen molar-refractivity contribution in [2.45, 2.75) is 51.5 Å². The van der Waals surface area contributed by atoms with E-state index in [0.717, 1.165) is 17.5 Å². The van der Waals surface area contributed by atoms with Gasteiger partial charge in [-0.2, -0.15) is 0 Å². The SMILES string of the molecule is CCc1ccccc1N(CC(=O)N[C@H](C)CC)S(=O)(=O)c1ccc(C)cc1. The highest BCUT2D eigenvalue weighted by atomic mass is 32.2. The molecule has 0 aliphatic carbocycles. The summed E-state index contributed by atoms with van der Waals surface area (Å²) in [5.74, 6) is -0.314. The molecule has 0 unspecified atom stereocenters. The Morgan fingerprint density at radius 1 is 1.07 bits per heavy atom. The second-order valence-electron chi connectivity index (χ2n) is 6.68. The van der Waals surface area contributed by atoms with E-state index in [0.29, 0.717) is 12.1 Å². The number of amides is 1. The first-order valence-electron chi connectivity index (χ1n) is 9.26. The number of para-hydroxylation sites is 1. The van der Waals surface area contributed by atoms with Gasteiger partial charge in [-0.15, -0.1) is 0 Å². The molecule has 146 valence electrons. The van der Waals surface area contributed by atoms with E-state index in [4.69, 9.17) is 0 Å². The molecule has 0 saturated carbocycles. The van der Waals surface area contributed by atoms with E-state index in [-0.39, 0.29) is 23.4 Å². The number of hydrogen-bond acceptors (Lipinski definition) is 3. The van der Waals surface area contributed by atoms with Gasteiger partial charge in [0, 0.05) is 6.04 Å². The average molecular weight is 389 g/mol. The maximum Gasteiger partial charge on any atom is 0.264 e. The van der Waals surface area contributed by atoms with Crippen LogP contribution in [-0.4, -0.2) is 26.9 Å². The highest BCUT2D eigenvalue weighted by Gasteiger charge is 2.28. The summed E-state index contributed by atoms with van der Waals surface area (Å²) in [6.45, 7) is 7.49. The lowest BCUT2D eigenvalue weighted by molar-refractivity contribution is -0.120. The molecule has 6 heteroatoms. The van der Waals surface area contributed by atoms with Crippen LogP contribution in [0.15, 0.2) is 53.4 Å². The van der Waals surface area contributed by atoms with Gasteiger partial charge in [0.2, 0.25) is 5.91 Å². The van der Waals surface area contributed by atoms with Gasteiger partial charge in [-0.05, 0) is 50.5 Å². The van der Waals surface area contributed by atoms with E-state index >= 15 is 0 Å². The summed E-state index contributed by atoms with van der Waals surface area (Å²) in [6.07, 6.45) is 1.45. The van der Waals surface area contributed by atoms with E-state index in [2.05, 4.69) is 5.32 Å². The summed E-state index contributed by atoms with van der Waals surface area (Å²) in [5.41, 5.74) is 2.40. The van der Waals surface area contributed by atoms with Crippen LogP contribution in [0, 0.1) is 6.92 Å². The highest BCUT2D eigenvalue weighted by Crippen LogP contribution is 2.27. The van der Waals surface area contributed by atoms with Crippen molar-refractivity contribution in [1.82, 2.24) is 5.32 Å². The van der Waals surface area contributed by atoms with Crippen LogP contribution in [0.4, 0.5) is 5.69 Å². The number of anilines is 1. The Hall–Kier alpha value is -2.34. The van der Waals surface area contributed by atoms with E-state index in [1.807, 2.05) is 39.8 Å². The van der Waals surface area contributed by atoms with E-state index < -0.39 is 10.0 Å². The first kappa shape index (κ1) is 21.0. The van der Waals surface area contributed by atoms with Crippen LogP contribution in [0.1, 0.15) is 38.3 Å². The van der Waals surface area contributed by atoms with Crippen molar-refractivity contribution in [1.29, 1.82) is 0 Å². The molecule has 0 bridgehead atoms. The van der Waals surface area contributed by atoms with Crippen LogP contribution in [0.3, 0.4) is 0 Å². The molecule has 2 aromatic rings. The number of carbonyl (C=O) groups is 1. The summed E-state index contributed by atoms with van der Waals surface area (Å²) in [4.78, 5) is 12.7. The first-order chi connectivity index (χ1) is 12.8. The summed E-state index contributed by atoms with van der Waals surface area (Å²) in [5, 5.41) is 2.85. The van der Waals surface area contributed by atoms with Crippen molar-refractivity contribution >= 4 is 21.6 Å². The lowest BCUT2D eigenvalue weighted by Gasteiger charge is -2.26. The molecule has 27 heavy (non-hydrogen) atoms. The summed E-state index contributed by atoms with van der Waals surface area (Å²) in [6, 6.07) is 14.0. The van der Waals surface area contributed by atoms with Gasteiger partial charge in [-0.25, -0.2) is 8.42 Å². The molecule has 0 saturated heterocycles. The minimum absolute atomic E-state index is 0.0113. The van der Waals surface area contributed by atoms with Crippen LogP contribution in [-0.2, 0) is 21.2 Å². The minimum atomic E-state index is -3.87. The molecular weight excluding hydrogens is 360 g/mol. The minimum Gasteiger partial charge on any atom is -0.352 e. The molecule has 5 nitrogen and oxygen atoms in total. The maximum absolute atomic E-state index is 13.3. The molecule has 1 amide bonds. The van der Waals surface area contributed by atoms with Crippen LogP contribution in [0.25, 0.3) is 0 Å². The van der Waals surface area contributed by atoms with Gasteiger partial charge in [0.1, 0.15) is 6.54 Å². The first-order valence-corrected chi connectivity index (χ1v) is 10.7. The molecule has 0 aromatic heterocycles. The third-order valence-electron chi connectivity index (χ3n) is 4.56. The zero-order valence-corrected chi connectivity index (χ0v) is 17.2. The molecule has 0 fully saturated rings. The smallest absolute Gasteiger partial charge is 0.264 e. The molecule has 0 radical (unpaired) electrons. The molecule has 2 aromatic carbocycles. The lowest BCUT2D eigenvalue weighted by atomic mass is 10.1. The van der Waals surface area contributed by atoms with Gasteiger partial charge in [0.15, 0.2) is 0 Å².